The standard InChI is InChI=1S/C18H31NO3Si/c1-13(8-6-7-11-23(3,4)5)12-14(2)17(21)16-15(20)9-10-19-18(16)22/h6-7,9-10,13-14,17,21H,8,11-12H2,1-5H3,(H2,19,20,22)/b7-6-. The van der Waals surface area contributed by atoms with Gasteiger partial charge in [0.2, 0.25) is 0 Å². The zero-order chi connectivity index (χ0) is 17.6. The molecule has 3 unspecified atom stereocenters. The Morgan fingerprint density at radius 3 is 2.48 bits per heavy atom. The van der Waals surface area contributed by atoms with E-state index in [2.05, 4.69) is 43.7 Å². The SMILES string of the molecule is CC(C/C=C\C[Si](C)(C)C)CC(C)C(O)c1c(O)cc[nH]c1=O. The summed E-state index contributed by atoms with van der Waals surface area (Å²) in [6.07, 6.45) is 6.70. The maximum absolute atomic E-state index is 11.8. The lowest BCUT2D eigenvalue weighted by Crippen LogP contribution is -2.21. The number of aliphatic hydroxyl groups is 1. The van der Waals surface area contributed by atoms with Gasteiger partial charge in [-0.05, 0) is 36.8 Å². The van der Waals surface area contributed by atoms with Crippen LogP contribution >= 0.6 is 0 Å². The van der Waals surface area contributed by atoms with Crippen LogP contribution < -0.4 is 5.56 Å². The van der Waals surface area contributed by atoms with Gasteiger partial charge in [-0.25, -0.2) is 0 Å². The van der Waals surface area contributed by atoms with Crippen LogP contribution in [0.15, 0.2) is 29.2 Å². The van der Waals surface area contributed by atoms with E-state index in [4.69, 9.17) is 0 Å². The summed E-state index contributed by atoms with van der Waals surface area (Å²) >= 11 is 0. The van der Waals surface area contributed by atoms with Gasteiger partial charge in [0.15, 0.2) is 0 Å². The largest absolute Gasteiger partial charge is 0.507 e. The van der Waals surface area contributed by atoms with Crippen molar-refractivity contribution < 1.29 is 10.2 Å². The fraction of sp³-hybridized carbons (Fsp3) is 0.611. The molecule has 4 nitrogen and oxygen atoms in total. The molecule has 23 heavy (non-hydrogen) atoms. The zero-order valence-corrected chi connectivity index (χ0v) is 16.0. The molecule has 3 N–H and O–H groups in total. The number of hydrogen-bond donors (Lipinski definition) is 3. The van der Waals surface area contributed by atoms with E-state index < -0.39 is 19.7 Å². The number of rotatable bonds is 8. The summed E-state index contributed by atoms with van der Waals surface area (Å²) in [4.78, 5) is 14.3. The molecule has 1 heterocycles. The highest BCUT2D eigenvalue weighted by Gasteiger charge is 2.23. The molecule has 0 fully saturated rings. The number of H-pyrrole nitrogens is 1. The summed E-state index contributed by atoms with van der Waals surface area (Å²) in [5.41, 5.74) is -0.353. The third-order valence-corrected chi connectivity index (χ3v) is 5.48. The maximum atomic E-state index is 11.8. The van der Waals surface area contributed by atoms with E-state index >= 15 is 0 Å². The second-order valence-electron chi connectivity index (χ2n) is 7.84. The number of hydrogen-bond acceptors (Lipinski definition) is 3. The number of allylic oxidation sites excluding steroid dienone is 2. The summed E-state index contributed by atoms with van der Waals surface area (Å²) in [5, 5.41) is 20.2. The number of aromatic hydroxyl groups is 1. The Morgan fingerprint density at radius 1 is 1.26 bits per heavy atom. The van der Waals surface area contributed by atoms with Crippen molar-refractivity contribution in [2.45, 2.75) is 58.5 Å². The predicted molar refractivity (Wildman–Crippen MR) is 98.5 cm³/mol. The van der Waals surface area contributed by atoms with E-state index in [1.54, 1.807) is 0 Å². The van der Waals surface area contributed by atoms with Crippen molar-refractivity contribution in [2.75, 3.05) is 0 Å². The third-order valence-electron chi connectivity index (χ3n) is 4.02. The van der Waals surface area contributed by atoms with Crippen molar-refractivity contribution in [2.24, 2.45) is 11.8 Å². The lowest BCUT2D eigenvalue weighted by atomic mass is 9.88. The lowest BCUT2D eigenvalue weighted by molar-refractivity contribution is 0.0998. The van der Waals surface area contributed by atoms with E-state index in [0.29, 0.717) is 5.92 Å². The van der Waals surface area contributed by atoms with Crippen molar-refractivity contribution >= 4 is 8.07 Å². The molecule has 0 spiro atoms. The van der Waals surface area contributed by atoms with Gasteiger partial charge in [-0.1, -0.05) is 45.6 Å². The molecule has 1 aromatic heterocycles. The Kier molecular flexibility index (Phi) is 7.29. The average molecular weight is 338 g/mol. The smallest absolute Gasteiger partial charge is 0.257 e. The molecule has 0 aliphatic heterocycles. The van der Waals surface area contributed by atoms with E-state index in [-0.39, 0.29) is 17.2 Å². The van der Waals surface area contributed by atoms with Gasteiger partial charge in [-0.15, -0.1) is 0 Å². The lowest BCUT2D eigenvalue weighted by Gasteiger charge is -2.22. The zero-order valence-electron chi connectivity index (χ0n) is 15.0. The summed E-state index contributed by atoms with van der Waals surface area (Å²) in [7, 11) is -1.03. The first-order valence-electron chi connectivity index (χ1n) is 8.35. The second-order valence-corrected chi connectivity index (χ2v) is 13.4. The number of nitrogens with one attached hydrogen (secondary N) is 1. The number of aromatic amines is 1. The molecule has 0 amide bonds. The fourth-order valence-electron chi connectivity index (χ4n) is 2.68. The Balaban J connectivity index is 2.58. The normalized spacial score (nSPS) is 16.4. The van der Waals surface area contributed by atoms with Gasteiger partial charge >= 0.3 is 0 Å². The van der Waals surface area contributed by atoms with Crippen molar-refractivity contribution in [3.8, 4) is 5.75 Å². The Labute approximate surface area is 140 Å². The molecule has 1 rings (SSSR count). The first-order valence-corrected chi connectivity index (χ1v) is 12.1. The first kappa shape index (κ1) is 19.7. The molecule has 3 atom stereocenters. The van der Waals surface area contributed by atoms with E-state index in [0.717, 1.165) is 12.8 Å². The predicted octanol–water partition coefficient (Wildman–Crippen LogP) is 4.06. The topological polar surface area (TPSA) is 73.3 Å². The van der Waals surface area contributed by atoms with Crippen LogP contribution in [0.1, 0.15) is 38.4 Å². The van der Waals surface area contributed by atoms with Crippen molar-refractivity contribution in [1.82, 2.24) is 4.98 Å². The minimum Gasteiger partial charge on any atom is -0.507 e. The number of pyridine rings is 1. The Hall–Kier alpha value is -1.33. The van der Waals surface area contributed by atoms with Crippen LogP contribution in [0, 0.1) is 11.8 Å². The summed E-state index contributed by atoms with van der Waals surface area (Å²) in [6, 6.07) is 2.58. The molecule has 5 heteroatoms. The molecule has 0 saturated carbocycles. The highest BCUT2D eigenvalue weighted by molar-refractivity contribution is 6.76. The van der Waals surface area contributed by atoms with Crippen LogP contribution in [-0.4, -0.2) is 23.3 Å². The molecule has 1 aromatic rings. The molecule has 0 aromatic carbocycles. The molecule has 0 saturated heterocycles. The Morgan fingerprint density at radius 2 is 1.91 bits per heavy atom. The fourth-order valence-corrected chi connectivity index (χ4v) is 3.55. The van der Waals surface area contributed by atoms with Gasteiger partial charge in [0.25, 0.3) is 5.56 Å². The highest BCUT2D eigenvalue weighted by Crippen LogP contribution is 2.30. The molecule has 0 aliphatic rings. The van der Waals surface area contributed by atoms with Crippen molar-refractivity contribution in [1.29, 1.82) is 0 Å². The minimum atomic E-state index is -1.03. The summed E-state index contributed by atoms with van der Waals surface area (Å²) in [6.45, 7) is 11.1. The molecule has 0 bridgehead atoms. The van der Waals surface area contributed by atoms with E-state index in [1.165, 1.54) is 18.3 Å². The van der Waals surface area contributed by atoms with Gasteiger partial charge in [-0.3, -0.25) is 4.79 Å². The van der Waals surface area contributed by atoms with Crippen LogP contribution in [0.5, 0.6) is 5.75 Å². The minimum absolute atomic E-state index is 0.0708. The van der Waals surface area contributed by atoms with Crippen molar-refractivity contribution in [3.05, 3.63) is 40.3 Å². The van der Waals surface area contributed by atoms with E-state index in [1.807, 2.05) is 6.92 Å². The summed E-state index contributed by atoms with van der Waals surface area (Å²) in [5.74, 6) is 0.183. The van der Waals surface area contributed by atoms with Gasteiger partial charge < -0.3 is 15.2 Å². The maximum Gasteiger partial charge on any atom is 0.257 e. The molecule has 0 radical (unpaired) electrons. The first-order chi connectivity index (χ1) is 10.6. The van der Waals surface area contributed by atoms with Gasteiger partial charge in [0, 0.05) is 14.3 Å². The second kappa shape index (κ2) is 8.50. The van der Waals surface area contributed by atoms with Gasteiger partial charge in [0.1, 0.15) is 5.75 Å². The number of aliphatic hydroxyl groups excluding tert-OH is 1. The van der Waals surface area contributed by atoms with Crippen LogP contribution in [0.2, 0.25) is 25.7 Å². The van der Waals surface area contributed by atoms with Crippen LogP contribution in [0.25, 0.3) is 0 Å². The van der Waals surface area contributed by atoms with Gasteiger partial charge in [0.05, 0.1) is 11.7 Å². The van der Waals surface area contributed by atoms with Crippen LogP contribution in [0.4, 0.5) is 0 Å². The van der Waals surface area contributed by atoms with Gasteiger partial charge in [-0.2, -0.15) is 0 Å². The molecule has 130 valence electrons. The van der Waals surface area contributed by atoms with Crippen LogP contribution in [-0.2, 0) is 0 Å². The van der Waals surface area contributed by atoms with E-state index in [9.17, 15) is 15.0 Å². The third kappa shape index (κ3) is 6.75. The molecular formula is C18H31NO3Si. The summed E-state index contributed by atoms with van der Waals surface area (Å²) < 4.78 is 0. The van der Waals surface area contributed by atoms with Crippen LogP contribution in [0.3, 0.4) is 0 Å². The molecule has 0 aliphatic carbocycles. The molecular weight excluding hydrogens is 306 g/mol. The average Bonchev–Trinajstić information content (AvgIpc) is 2.42. The number of aromatic nitrogens is 1. The monoisotopic (exact) mass is 337 g/mol. The Bertz CT molecular complexity index is 574. The van der Waals surface area contributed by atoms with Crippen molar-refractivity contribution in [3.63, 3.8) is 0 Å². The quantitative estimate of drug-likeness (QED) is 0.495. The highest BCUT2D eigenvalue weighted by atomic mass is 28.3.